The molecule has 140 valence electrons. The highest BCUT2D eigenvalue weighted by Gasteiger charge is 2.14. The van der Waals surface area contributed by atoms with Gasteiger partial charge in [0.2, 0.25) is 5.91 Å². The predicted octanol–water partition coefficient (Wildman–Crippen LogP) is 2.10. The fraction of sp³-hybridized carbons (Fsp3) is 0.421. The number of carbonyl (C=O) groups is 2. The number of rotatable bonds is 6. The predicted molar refractivity (Wildman–Crippen MR) is 100 cm³/mol. The molecule has 0 saturated heterocycles. The fourth-order valence-corrected chi connectivity index (χ4v) is 2.90. The van der Waals surface area contributed by atoms with E-state index in [-0.39, 0.29) is 25.0 Å². The van der Waals surface area contributed by atoms with Crippen molar-refractivity contribution in [1.82, 2.24) is 15.1 Å². The van der Waals surface area contributed by atoms with Crippen molar-refractivity contribution in [1.29, 1.82) is 0 Å². The van der Waals surface area contributed by atoms with Gasteiger partial charge in [0.25, 0.3) is 5.91 Å². The Labute approximate surface area is 153 Å². The van der Waals surface area contributed by atoms with Crippen LogP contribution in [0.2, 0.25) is 0 Å². The third-order valence-electron chi connectivity index (χ3n) is 4.17. The van der Waals surface area contributed by atoms with Gasteiger partial charge in [-0.05, 0) is 45.7 Å². The molecule has 1 aromatic heterocycles. The van der Waals surface area contributed by atoms with Crippen molar-refractivity contribution in [3.8, 4) is 5.75 Å². The smallest absolute Gasteiger partial charge is 0.258 e. The van der Waals surface area contributed by atoms with E-state index in [1.54, 1.807) is 4.68 Å². The molecule has 7 nitrogen and oxygen atoms in total. The first kappa shape index (κ1) is 19.5. The highest BCUT2D eigenvalue weighted by Crippen LogP contribution is 2.24. The average molecular weight is 358 g/mol. The van der Waals surface area contributed by atoms with E-state index < -0.39 is 0 Å². The van der Waals surface area contributed by atoms with E-state index in [9.17, 15) is 9.59 Å². The Morgan fingerprint density at radius 1 is 1.08 bits per heavy atom. The summed E-state index contributed by atoms with van der Waals surface area (Å²) in [5, 5.41) is 9.58. The molecule has 2 amide bonds. The number of hydrogen-bond donors (Lipinski definition) is 2. The topological polar surface area (TPSA) is 85.2 Å². The number of amides is 2. The van der Waals surface area contributed by atoms with E-state index in [4.69, 9.17) is 4.74 Å². The van der Waals surface area contributed by atoms with Crippen LogP contribution in [0.1, 0.15) is 28.1 Å². The summed E-state index contributed by atoms with van der Waals surface area (Å²) in [5.41, 5.74) is 5.38. The van der Waals surface area contributed by atoms with Crippen LogP contribution in [0.5, 0.6) is 5.75 Å². The summed E-state index contributed by atoms with van der Waals surface area (Å²) in [6.45, 7) is 9.33. The average Bonchev–Trinajstić information content (AvgIpc) is 2.78. The van der Waals surface area contributed by atoms with Crippen molar-refractivity contribution in [2.45, 2.75) is 34.6 Å². The Kier molecular flexibility index (Phi) is 6.02. The van der Waals surface area contributed by atoms with Gasteiger partial charge in [0.15, 0.2) is 6.61 Å². The van der Waals surface area contributed by atoms with Gasteiger partial charge in [0.05, 0.1) is 23.6 Å². The van der Waals surface area contributed by atoms with E-state index >= 15 is 0 Å². The molecule has 0 atom stereocenters. The molecule has 0 unspecified atom stereocenters. The summed E-state index contributed by atoms with van der Waals surface area (Å²) >= 11 is 0. The second-order valence-electron chi connectivity index (χ2n) is 6.51. The molecule has 0 radical (unpaired) electrons. The maximum atomic E-state index is 12.0. The van der Waals surface area contributed by atoms with Crippen LogP contribution in [0.15, 0.2) is 12.1 Å². The second kappa shape index (κ2) is 8.03. The molecule has 2 N–H and O–H groups in total. The number of ether oxygens (including phenoxy) is 1. The molecule has 1 aromatic carbocycles. The number of aromatic nitrogens is 2. The Balaban J connectivity index is 1.84. The summed E-state index contributed by atoms with van der Waals surface area (Å²) in [6.07, 6.45) is 0. The minimum absolute atomic E-state index is 0.123. The first-order valence-corrected chi connectivity index (χ1v) is 8.46. The molecule has 2 rings (SSSR count). The van der Waals surface area contributed by atoms with Gasteiger partial charge in [-0.3, -0.25) is 14.3 Å². The van der Waals surface area contributed by atoms with Gasteiger partial charge < -0.3 is 15.4 Å². The molecule has 0 aliphatic heterocycles. The monoisotopic (exact) mass is 358 g/mol. The SMILES string of the molecule is Cc1cc(C)c(OCC(=O)NCC(=O)Nc2c(C)nn(C)c2C)c(C)c1. The molecular formula is C19H26N4O3. The van der Waals surface area contributed by atoms with Crippen LogP contribution in [-0.2, 0) is 16.6 Å². The Morgan fingerprint density at radius 2 is 1.69 bits per heavy atom. The highest BCUT2D eigenvalue weighted by atomic mass is 16.5. The van der Waals surface area contributed by atoms with E-state index in [1.807, 2.05) is 53.8 Å². The second-order valence-corrected chi connectivity index (χ2v) is 6.51. The third kappa shape index (κ3) is 4.62. The van der Waals surface area contributed by atoms with Crippen molar-refractivity contribution in [3.63, 3.8) is 0 Å². The zero-order valence-electron chi connectivity index (χ0n) is 16.2. The Morgan fingerprint density at radius 3 is 2.23 bits per heavy atom. The molecular weight excluding hydrogens is 332 g/mol. The first-order chi connectivity index (χ1) is 12.2. The lowest BCUT2D eigenvalue weighted by Gasteiger charge is -2.13. The van der Waals surface area contributed by atoms with Gasteiger partial charge in [0.1, 0.15) is 5.75 Å². The van der Waals surface area contributed by atoms with Crippen LogP contribution < -0.4 is 15.4 Å². The van der Waals surface area contributed by atoms with Gasteiger partial charge in [-0.2, -0.15) is 5.10 Å². The molecule has 26 heavy (non-hydrogen) atoms. The Bertz CT molecular complexity index is 817. The zero-order chi connectivity index (χ0) is 19.4. The summed E-state index contributed by atoms with van der Waals surface area (Å²) < 4.78 is 7.32. The maximum absolute atomic E-state index is 12.0. The summed E-state index contributed by atoms with van der Waals surface area (Å²) in [6, 6.07) is 4.01. The van der Waals surface area contributed by atoms with E-state index in [0.29, 0.717) is 11.4 Å². The largest absolute Gasteiger partial charge is 0.483 e. The zero-order valence-corrected chi connectivity index (χ0v) is 16.2. The van der Waals surface area contributed by atoms with E-state index in [1.165, 1.54) is 0 Å². The van der Waals surface area contributed by atoms with Gasteiger partial charge in [-0.25, -0.2) is 0 Å². The normalized spacial score (nSPS) is 10.5. The lowest BCUT2D eigenvalue weighted by molar-refractivity contribution is -0.125. The number of nitrogens with zero attached hydrogens (tertiary/aromatic N) is 2. The molecule has 7 heteroatoms. The van der Waals surface area contributed by atoms with Crippen LogP contribution in [0.4, 0.5) is 5.69 Å². The number of carbonyl (C=O) groups excluding carboxylic acids is 2. The maximum Gasteiger partial charge on any atom is 0.258 e. The van der Waals surface area contributed by atoms with Crippen LogP contribution in [0.25, 0.3) is 0 Å². The molecule has 0 bridgehead atoms. The molecule has 0 fully saturated rings. The minimum Gasteiger partial charge on any atom is -0.483 e. The van der Waals surface area contributed by atoms with Gasteiger partial charge >= 0.3 is 0 Å². The van der Waals surface area contributed by atoms with Crippen LogP contribution in [0, 0.1) is 34.6 Å². The van der Waals surface area contributed by atoms with Crippen molar-refractivity contribution in [2.75, 3.05) is 18.5 Å². The lowest BCUT2D eigenvalue weighted by atomic mass is 10.1. The first-order valence-electron chi connectivity index (χ1n) is 8.46. The number of aryl methyl sites for hydroxylation is 5. The van der Waals surface area contributed by atoms with Gasteiger partial charge in [-0.15, -0.1) is 0 Å². The quantitative estimate of drug-likeness (QED) is 0.828. The number of anilines is 1. The van der Waals surface area contributed by atoms with Crippen molar-refractivity contribution < 1.29 is 14.3 Å². The third-order valence-corrected chi connectivity index (χ3v) is 4.17. The lowest BCUT2D eigenvalue weighted by Crippen LogP contribution is -2.36. The van der Waals surface area contributed by atoms with Gasteiger partial charge in [-0.1, -0.05) is 17.7 Å². The number of nitrogens with one attached hydrogen (secondary N) is 2. The Hall–Kier alpha value is -2.83. The van der Waals surface area contributed by atoms with Crippen LogP contribution in [-0.4, -0.2) is 34.7 Å². The molecule has 1 heterocycles. The highest BCUT2D eigenvalue weighted by molar-refractivity contribution is 5.95. The molecule has 0 aliphatic carbocycles. The minimum atomic E-state index is -0.348. The standard InChI is InChI=1S/C19H26N4O3/c1-11-7-12(2)19(13(3)8-11)26-10-17(25)20-9-16(24)21-18-14(4)22-23(6)15(18)5/h7-8H,9-10H2,1-6H3,(H,20,25)(H,21,24). The van der Waals surface area contributed by atoms with E-state index in [2.05, 4.69) is 15.7 Å². The fourth-order valence-electron chi connectivity index (χ4n) is 2.90. The number of benzene rings is 1. The van der Waals surface area contributed by atoms with Crippen molar-refractivity contribution in [3.05, 3.63) is 40.2 Å². The summed E-state index contributed by atoms with van der Waals surface area (Å²) in [7, 11) is 1.81. The van der Waals surface area contributed by atoms with Crippen LogP contribution in [0.3, 0.4) is 0 Å². The summed E-state index contributed by atoms with van der Waals surface area (Å²) in [5.74, 6) is 0.0520. The molecule has 0 spiro atoms. The van der Waals surface area contributed by atoms with Crippen molar-refractivity contribution >= 4 is 17.5 Å². The van der Waals surface area contributed by atoms with Crippen LogP contribution >= 0.6 is 0 Å². The van der Waals surface area contributed by atoms with Gasteiger partial charge in [0, 0.05) is 7.05 Å². The molecule has 0 aliphatic rings. The van der Waals surface area contributed by atoms with E-state index in [0.717, 1.165) is 28.1 Å². The molecule has 0 saturated carbocycles. The van der Waals surface area contributed by atoms with Crippen molar-refractivity contribution in [2.24, 2.45) is 7.05 Å². The number of hydrogen-bond acceptors (Lipinski definition) is 4. The molecule has 2 aromatic rings. The summed E-state index contributed by atoms with van der Waals surface area (Å²) in [4.78, 5) is 24.0.